The molecule has 0 radical (unpaired) electrons. The summed E-state index contributed by atoms with van der Waals surface area (Å²) in [7, 11) is -4.59. The Hall–Kier alpha value is -2.23. The quantitative estimate of drug-likeness (QED) is 0.0215. The molecule has 0 aliphatic heterocycles. The summed E-state index contributed by atoms with van der Waals surface area (Å²) in [6.45, 7) is 3.02. The average Bonchev–Trinajstić information content (AvgIpc) is 3.12. The molecule has 1 unspecified atom stereocenters. The minimum atomic E-state index is -4.59. The van der Waals surface area contributed by atoms with Gasteiger partial charge in [0.1, 0.15) is 6.10 Å². The van der Waals surface area contributed by atoms with Crippen molar-refractivity contribution in [3.8, 4) is 0 Å². The van der Waals surface area contributed by atoms with E-state index in [1.807, 2.05) is 0 Å². The first-order valence-corrected chi connectivity index (χ1v) is 20.8. The highest BCUT2D eigenvalue weighted by Crippen LogP contribution is 2.43. The van der Waals surface area contributed by atoms with E-state index in [1.54, 1.807) is 0 Å². The van der Waals surface area contributed by atoms with Crippen molar-refractivity contribution in [1.29, 1.82) is 0 Å². The van der Waals surface area contributed by atoms with Crippen LogP contribution < -0.4 is 5.73 Å². The molecule has 0 saturated heterocycles. The number of carbonyl (C=O) groups excluding carboxylic acids is 2. The van der Waals surface area contributed by atoms with Crippen LogP contribution in [-0.4, -0.2) is 58.1 Å². The first kappa shape index (κ1) is 48.8. The number of nitrogens with two attached hydrogens (primary N) is 1. The van der Waals surface area contributed by atoms with Gasteiger partial charge < -0.3 is 20.8 Å². The van der Waals surface area contributed by atoms with Crippen LogP contribution in [0.15, 0.2) is 72.9 Å². The van der Waals surface area contributed by atoms with Crippen molar-refractivity contribution in [2.75, 3.05) is 19.8 Å². The molecular weight excluding hydrogens is 665 g/mol. The number of aliphatic hydroxyl groups excluding tert-OH is 1. The molecule has 9 nitrogen and oxygen atoms in total. The van der Waals surface area contributed by atoms with Crippen LogP contribution >= 0.6 is 7.82 Å². The van der Waals surface area contributed by atoms with Gasteiger partial charge in [0.25, 0.3) is 0 Å². The molecule has 0 heterocycles. The Morgan fingerprint density at radius 3 is 1.41 bits per heavy atom. The fourth-order valence-electron chi connectivity index (χ4n) is 5.21. The third-order valence-corrected chi connectivity index (χ3v) is 9.19. The van der Waals surface area contributed by atoms with Gasteiger partial charge in [-0.1, -0.05) is 125 Å². The molecule has 0 fully saturated rings. The van der Waals surface area contributed by atoms with E-state index >= 15 is 0 Å². The second-order valence-electron chi connectivity index (χ2n) is 12.7. The van der Waals surface area contributed by atoms with Crippen molar-refractivity contribution in [2.45, 2.75) is 154 Å². The lowest BCUT2D eigenvalue weighted by molar-refractivity contribution is -0.166. The van der Waals surface area contributed by atoms with Gasteiger partial charge in [0.15, 0.2) is 11.6 Å². The number of allylic oxidation sites excluding steroid dienone is 12. The maximum Gasteiger partial charge on any atom is 0.472 e. The number of phosphoric acid groups is 1. The van der Waals surface area contributed by atoms with Crippen LogP contribution in [0.3, 0.4) is 0 Å². The number of unbranched alkanes of at least 4 members (excludes halogenated alkanes) is 10. The SMILES string of the molecule is CCC=CCC=CCC=CCCCCCCCC(=O)C(O)(C(=O)CCCCCCCC=CCC=CCC=CCC)[C@@H](O)COP(=O)(O)OCCN. The van der Waals surface area contributed by atoms with Gasteiger partial charge in [-0.25, -0.2) is 4.57 Å². The fraction of sp³-hybridized carbons (Fsp3) is 0.659. The van der Waals surface area contributed by atoms with Gasteiger partial charge in [-0.2, -0.15) is 0 Å². The highest BCUT2D eigenvalue weighted by molar-refractivity contribution is 7.47. The van der Waals surface area contributed by atoms with Gasteiger partial charge in [0.2, 0.25) is 5.60 Å². The van der Waals surface area contributed by atoms with Gasteiger partial charge in [-0.05, 0) is 77.0 Å². The fourth-order valence-corrected chi connectivity index (χ4v) is 5.95. The van der Waals surface area contributed by atoms with Gasteiger partial charge in [-0.15, -0.1) is 0 Å². The van der Waals surface area contributed by atoms with Crippen molar-refractivity contribution in [3.63, 3.8) is 0 Å². The van der Waals surface area contributed by atoms with Crippen molar-refractivity contribution in [3.05, 3.63) is 72.9 Å². The topological polar surface area (TPSA) is 156 Å². The zero-order valence-corrected chi connectivity index (χ0v) is 32.6. The minimum Gasteiger partial charge on any atom is -0.387 e. The molecule has 0 aliphatic rings. The van der Waals surface area contributed by atoms with Crippen LogP contribution in [0.2, 0.25) is 0 Å². The Kier molecular flexibility index (Phi) is 32.1. The highest BCUT2D eigenvalue weighted by atomic mass is 31.2. The summed E-state index contributed by atoms with van der Waals surface area (Å²) in [4.78, 5) is 36.3. The molecule has 0 aromatic carbocycles. The van der Waals surface area contributed by atoms with Crippen LogP contribution in [0.4, 0.5) is 0 Å². The summed E-state index contributed by atoms with van der Waals surface area (Å²) in [5.74, 6) is -1.61. The molecule has 2 atom stereocenters. The molecule has 0 rings (SSSR count). The largest absolute Gasteiger partial charge is 0.472 e. The van der Waals surface area contributed by atoms with E-state index < -0.39 is 37.7 Å². The second kappa shape index (κ2) is 33.6. The molecule has 0 aromatic rings. The molecule has 0 saturated carbocycles. The number of Topliss-reactive ketones (excluding diaryl/α,β-unsaturated/α-hetero) is 2. The smallest absolute Gasteiger partial charge is 0.387 e. The summed E-state index contributed by atoms with van der Waals surface area (Å²) >= 11 is 0. The Labute approximate surface area is 309 Å². The summed E-state index contributed by atoms with van der Waals surface area (Å²) in [6.07, 6.45) is 39.9. The Morgan fingerprint density at radius 2 is 1.00 bits per heavy atom. The molecule has 0 aromatic heterocycles. The second-order valence-corrected chi connectivity index (χ2v) is 14.2. The molecule has 0 bridgehead atoms. The lowest BCUT2D eigenvalue weighted by Gasteiger charge is -2.30. The molecule has 292 valence electrons. The number of aliphatic hydroxyl groups is 2. The Balaban J connectivity index is 4.72. The lowest BCUT2D eigenvalue weighted by Crippen LogP contribution is -2.57. The van der Waals surface area contributed by atoms with E-state index in [2.05, 4.69) is 91.3 Å². The maximum absolute atomic E-state index is 13.2. The standard InChI is InChI=1S/C41H70NO8P/c1-3-5-7-9-11-13-15-17-19-21-23-25-27-29-31-33-38(43)41(46,40(45)37-50-51(47,48)49-36-35-42)39(44)34-32-30-28-26-24-22-20-18-16-14-12-10-8-6-4-2/h5-8,11-14,17-20,40,45-46H,3-4,9-10,15-16,21-37,42H2,1-2H3,(H,47,48)/t40-,41?/m0/s1. The molecule has 0 spiro atoms. The van der Waals surface area contributed by atoms with E-state index in [9.17, 15) is 29.3 Å². The lowest BCUT2D eigenvalue weighted by atomic mass is 9.82. The van der Waals surface area contributed by atoms with E-state index in [0.29, 0.717) is 12.8 Å². The predicted octanol–water partition coefficient (Wildman–Crippen LogP) is 9.49. The van der Waals surface area contributed by atoms with Crippen molar-refractivity contribution < 1.29 is 38.3 Å². The van der Waals surface area contributed by atoms with E-state index in [-0.39, 0.29) is 26.0 Å². The van der Waals surface area contributed by atoms with Crippen molar-refractivity contribution in [2.24, 2.45) is 5.73 Å². The molecule has 10 heteroatoms. The Bertz CT molecular complexity index is 1050. The zero-order valence-electron chi connectivity index (χ0n) is 31.7. The number of hydrogen-bond donors (Lipinski definition) is 4. The molecule has 0 amide bonds. The van der Waals surface area contributed by atoms with Crippen LogP contribution in [0.25, 0.3) is 0 Å². The number of phosphoric ester groups is 1. The third kappa shape index (κ3) is 27.1. The summed E-state index contributed by atoms with van der Waals surface area (Å²) in [5.41, 5.74) is 2.56. The highest BCUT2D eigenvalue weighted by Gasteiger charge is 2.49. The molecule has 5 N–H and O–H groups in total. The van der Waals surface area contributed by atoms with Crippen LogP contribution in [0, 0.1) is 0 Å². The first-order valence-electron chi connectivity index (χ1n) is 19.3. The van der Waals surface area contributed by atoms with Gasteiger partial charge in [-0.3, -0.25) is 18.6 Å². The van der Waals surface area contributed by atoms with Crippen LogP contribution in [0.5, 0.6) is 0 Å². The molecular formula is C41H70NO8P. The molecule has 0 aliphatic carbocycles. The monoisotopic (exact) mass is 735 g/mol. The Morgan fingerprint density at radius 1 is 0.627 bits per heavy atom. The maximum atomic E-state index is 13.2. The van der Waals surface area contributed by atoms with Gasteiger partial charge in [0, 0.05) is 19.4 Å². The normalized spacial score (nSPS) is 15.6. The van der Waals surface area contributed by atoms with Gasteiger partial charge in [0.05, 0.1) is 13.2 Å². The number of carbonyl (C=O) groups is 2. The summed E-state index contributed by atoms with van der Waals surface area (Å²) in [6, 6.07) is 0. The average molecular weight is 736 g/mol. The summed E-state index contributed by atoms with van der Waals surface area (Å²) in [5, 5.41) is 22.1. The van der Waals surface area contributed by atoms with Crippen molar-refractivity contribution in [1.82, 2.24) is 0 Å². The van der Waals surface area contributed by atoms with E-state index in [0.717, 1.165) is 103 Å². The van der Waals surface area contributed by atoms with E-state index in [1.165, 1.54) is 0 Å². The third-order valence-electron chi connectivity index (χ3n) is 8.21. The molecule has 51 heavy (non-hydrogen) atoms. The first-order chi connectivity index (χ1) is 24.7. The number of hydrogen-bond acceptors (Lipinski definition) is 8. The van der Waals surface area contributed by atoms with Crippen LogP contribution in [-0.2, 0) is 23.2 Å². The van der Waals surface area contributed by atoms with E-state index in [4.69, 9.17) is 10.3 Å². The van der Waals surface area contributed by atoms with Gasteiger partial charge >= 0.3 is 7.82 Å². The zero-order chi connectivity index (χ0) is 37.9. The van der Waals surface area contributed by atoms with Crippen molar-refractivity contribution >= 4 is 19.4 Å². The number of ketones is 2. The minimum absolute atomic E-state index is 0.0329. The number of rotatable bonds is 35. The van der Waals surface area contributed by atoms with Crippen LogP contribution in [0.1, 0.15) is 142 Å². The predicted molar refractivity (Wildman–Crippen MR) is 210 cm³/mol. The summed E-state index contributed by atoms with van der Waals surface area (Å²) < 4.78 is 21.5.